The van der Waals surface area contributed by atoms with Crippen molar-refractivity contribution >= 4 is 24.4 Å². The fourth-order valence-electron chi connectivity index (χ4n) is 2.77. The van der Waals surface area contributed by atoms with Gasteiger partial charge in [-0.3, -0.25) is 4.79 Å². The average Bonchev–Trinajstić information content (AvgIpc) is 2.79. The highest BCUT2D eigenvalue weighted by Crippen LogP contribution is 2.30. The third kappa shape index (κ3) is 13.7. The number of carbonyl (C=O) groups is 4. The molecule has 1 unspecified atom stereocenters. The summed E-state index contributed by atoms with van der Waals surface area (Å²) in [6, 6.07) is 3.18. The summed E-state index contributed by atoms with van der Waals surface area (Å²) >= 11 is 0. The highest BCUT2D eigenvalue weighted by Gasteiger charge is 2.23. The number of nitrogens with one attached hydrogen (secondary N) is 1. The van der Waals surface area contributed by atoms with Crippen molar-refractivity contribution in [3.8, 4) is 11.5 Å². The van der Waals surface area contributed by atoms with E-state index in [9.17, 15) is 24.3 Å². The molecule has 2 N–H and O–H groups in total. The predicted octanol–water partition coefficient (Wildman–Crippen LogP) is 4.56. The molecule has 0 bridgehead atoms. The van der Waals surface area contributed by atoms with Gasteiger partial charge >= 0.3 is 24.4 Å². The van der Waals surface area contributed by atoms with E-state index in [0.717, 1.165) is 0 Å². The smallest absolute Gasteiger partial charge is 0.480 e. The molecule has 1 aromatic carbocycles. The number of carboxylic acid groups (broad SMARTS) is 1. The molecule has 0 fully saturated rings. The summed E-state index contributed by atoms with van der Waals surface area (Å²) in [7, 11) is 0. The second kappa shape index (κ2) is 16.3. The monoisotopic (exact) mass is 541 g/mol. The molecule has 0 aromatic heterocycles. The number of hydrogen-bond donors (Lipinski definition) is 2. The van der Waals surface area contributed by atoms with Crippen molar-refractivity contribution < 1.29 is 52.7 Å². The van der Waals surface area contributed by atoms with Crippen LogP contribution in [0.5, 0.6) is 11.5 Å². The van der Waals surface area contributed by atoms with Gasteiger partial charge < -0.3 is 38.8 Å². The highest BCUT2D eigenvalue weighted by atomic mass is 16.7. The lowest BCUT2D eigenvalue weighted by molar-refractivity contribution is -0.139. The summed E-state index contributed by atoms with van der Waals surface area (Å²) in [4.78, 5) is 47.7. The Labute approximate surface area is 222 Å². The minimum Gasteiger partial charge on any atom is -0.480 e. The molecular weight excluding hydrogens is 502 g/mol. The average molecular weight is 542 g/mol. The second-order valence-electron chi connectivity index (χ2n) is 9.74. The van der Waals surface area contributed by atoms with E-state index < -0.39 is 36.6 Å². The minimum atomic E-state index is -1.15. The van der Waals surface area contributed by atoms with Gasteiger partial charge in [-0.25, -0.2) is 14.4 Å². The SMILES string of the molecule is CC(C)COC(=O)Oc1ccc(C[C@H](NCC(C)OC(=O)OC(C)C)C(=O)O)cc1OC(=O)OCC(C)C. The van der Waals surface area contributed by atoms with Crippen LogP contribution in [0.15, 0.2) is 18.2 Å². The number of benzene rings is 1. The highest BCUT2D eigenvalue weighted by molar-refractivity contribution is 5.74. The van der Waals surface area contributed by atoms with Crippen LogP contribution in [-0.4, -0.2) is 67.6 Å². The summed E-state index contributed by atoms with van der Waals surface area (Å²) in [6.07, 6.45) is -3.89. The van der Waals surface area contributed by atoms with Gasteiger partial charge in [0.05, 0.1) is 19.3 Å². The van der Waals surface area contributed by atoms with Gasteiger partial charge in [-0.15, -0.1) is 0 Å². The maximum atomic E-state index is 12.2. The molecule has 0 saturated carbocycles. The van der Waals surface area contributed by atoms with Crippen LogP contribution in [0.25, 0.3) is 0 Å². The van der Waals surface area contributed by atoms with Gasteiger partial charge in [-0.05, 0) is 56.7 Å². The molecule has 0 amide bonds. The van der Waals surface area contributed by atoms with Gasteiger partial charge in [-0.2, -0.15) is 0 Å². The molecule has 12 heteroatoms. The van der Waals surface area contributed by atoms with Crippen molar-refractivity contribution in [2.75, 3.05) is 19.8 Å². The van der Waals surface area contributed by atoms with Crippen LogP contribution in [-0.2, 0) is 30.2 Å². The predicted molar refractivity (Wildman–Crippen MR) is 135 cm³/mol. The van der Waals surface area contributed by atoms with Crippen LogP contribution in [0.1, 0.15) is 54.0 Å². The zero-order chi connectivity index (χ0) is 28.8. The topological polar surface area (TPSA) is 156 Å². The lowest BCUT2D eigenvalue weighted by Crippen LogP contribution is -2.42. The summed E-state index contributed by atoms with van der Waals surface area (Å²) in [5.41, 5.74) is 0.451. The lowest BCUT2D eigenvalue weighted by atomic mass is 10.0. The quantitative estimate of drug-likeness (QED) is 0.192. The van der Waals surface area contributed by atoms with Gasteiger partial charge in [0.2, 0.25) is 0 Å². The first-order chi connectivity index (χ1) is 17.8. The maximum Gasteiger partial charge on any atom is 0.513 e. The van der Waals surface area contributed by atoms with Crippen LogP contribution >= 0.6 is 0 Å². The van der Waals surface area contributed by atoms with Gasteiger partial charge in [0.1, 0.15) is 12.1 Å². The zero-order valence-electron chi connectivity index (χ0n) is 23.0. The van der Waals surface area contributed by atoms with E-state index in [1.54, 1.807) is 20.8 Å². The third-order valence-electron chi connectivity index (χ3n) is 4.48. The van der Waals surface area contributed by atoms with E-state index in [-0.39, 0.29) is 55.6 Å². The fourth-order valence-corrected chi connectivity index (χ4v) is 2.77. The minimum absolute atomic E-state index is 0.0338. The first-order valence-corrected chi connectivity index (χ1v) is 12.4. The molecule has 0 aliphatic carbocycles. The van der Waals surface area contributed by atoms with Crippen molar-refractivity contribution in [2.45, 2.75) is 73.1 Å². The molecule has 38 heavy (non-hydrogen) atoms. The van der Waals surface area contributed by atoms with E-state index in [0.29, 0.717) is 5.56 Å². The molecule has 0 aliphatic heterocycles. The van der Waals surface area contributed by atoms with E-state index in [1.165, 1.54) is 18.2 Å². The Morgan fingerprint density at radius 3 is 1.84 bits per heavy atom. The van der Waals surface area contributed by atoms with Crippen molar-refractivity contribution in [1.82, 2.24) is 5.32 Å². The number of ether oxygens (including phenoxy) is 6. The number of rotatable bonds is 14. The molecule has 214 valence electrons. The molecule has 1 rings (SSSR count). The summed E-state index contributed by atoms with van der Waals surface area (Å²) in [5, 5.41) is 12.5. The van der Waals surface area contributed by atoms with Gasteiger partial charge in [0, 0.05) is 6.54 Å². The van der Waals surface area contributed by atoms with Crippen molar-refractivity contribution in [3.05, 3.63) is 23.8 Å². The largest absolute Gasteiger partial charge is 0.513 e. The number of hydrogen-bond acceptors (Lipinski definition) is 11. The number of carboxylic acids is 1. The molecule has 0 radical (unpaired) electrons. The molecule has 0 spiro atoms. The first-order valence-electron chi connectivity index (χ1n) is 12.4. The number of aliphatic carboxylic acids is 1. The molecule has 1 aromatic rings. The number of carbonyl (C=O) groups excluding carboxylic acids is 3. The van der Waals surface area contributed by atoms with Crippen molar-refractivity contribution in [2.24, 2.45) is 11.8 Å². The molecule has 0 heterocycles. The van der Waals surface area contributed by atoms with Crippen LogP contribution in [0.3, 0.4) is 0 Å². The Hall–Kier alpha value is -3.54. The zero-order valence-corrected chi connectivity index (χ0v) is 23.0. The molecular formula is C26H39NO11. The van der Waals surface area contributed by atoms with E-state index in [4.69, 9.17) is 28.4 Å². The Balaban J connectivity index is 2.98. The van der Waals surface area contributed by atoms with Gasteiger partial charge in [-0.1, -0.05) is 33.8 Å². The first kappa shape index (κ1) is 32.5. The third-order valence-corrected chi connectivity index (χ3v) is 4.48. The normalized spacial score (nSPS) is 12.6. The maximum absolute atomic E-state index is 12.2. The van der Waals surface area contributed by atoms with Gasteiger partial charge in [0.15, 0.2) is 11.5 Å². The molecule has 2 atom stereocenters. The van der Waals surface area contributed by atoms with E-state index in [2.05, 4.69) is 5.32 Å². The summed E-state index contributed by atoms with van der Waals surface area (Å²) in [6.45, 7) is 12.7. The Morgan fingerprint density at radius 2 is 1.34 bits per heavy atom. The lowest BCUT2D eigenvalue weighted by Gasteiger charge is -2.19. The van der Waals surface area contributed by atoms with E-state index in [1.807, 2.05) is 27.7 Å². The Kier molecular flexibility index (Phi) is 14.0. The van der Waals surface area contributed by atoms with Crippen molar-refractivity contribution in [1.29, 1.82) is 0 Å². The van der Waals surface area contributed by atoms with Crippen LogP contribution < -0.4 is 14.8 Å². The van der Waals surface area contributed by atoms with Gasteiger partial charge in [0.25, 0.3) is 0 Å². The Morgan fingerprint density at radius 1 is 0.789 bits per heavy atom. The van der Waals surface area contributed by atoms with E-state index >= 15 is 0 Å². The standard InChI is InChI=1S/C26H39NO11/c1-15(2)13-33-24(30)37-21-9-8-19(11-22(21)38-25(31)34-14-16(3)4)10-20(23(28)29)27-12-18(7)36-26(32)35-17(5)6/h8-9,11,15-18,20,27H,10,12-14H2,1-7H3,(H,28,29)/t18?,20-/m0/s1. The molecule has 12 nitrogen and oxygen atoms in total. The second-order valence-corrected chi connectivity index (χ2v) is 9.74. The fraction of sp³-hybridized carbons (Fsp3) is 0.615. The summed E-state index contributed by atoms with van der Waals surface area (Å²) < 4.78 is 30.5. The van der Waals surface area contributed by atoms with Crippen LogP contribution in [0.4, 0.5) is 14.4 Å². The van der Waals surface area contributed by atoms with Crippen molar-refractivity contribution in [3.63, 3.8) is 0 Å². The molecule has 0 aliphatic rings. The molecule has 0 saturated heterocycles. The van der Waals surface area contributed by atoms with Crippen LogP contribution in [0, 0.1) is 11.8 Å². The summed E-state index contributed by atoms with van der Waals surface area (Å²) in [5.74, 6) is -1.25. The van der Waals surface area contributed by atoms with Crippen LogP contribution in [0.2, 0.25) is 0 Å². The Bertz CT molecular complexity index is 930.